The van der Waals surface area contributed by atoms with Crippen LogP contribution in [0.3, 0.4) is 0 Å². The van der Waals surface area contributed by atoms with Gasteiger partial charge in [-0.1, -0.05) is 12.2 Å². The molecule has 2 unspecified atom stereocenters. The van der Waals surface area contributed by atoms with Crippen LogP contribution in [-0.4, -0.2) is 11.7 Å². The highest BCUT2D eigenvalue weighted by molar-refractivity contribution is 5.56. The first kappa shape index (κ1) is 10.7. The monoisotopic (exact) mass is 230 g/mol. The Morgan fingerprint density at radius 1 is 1.35 bits per heavy atom. The van der Waals surface area contributed by atoms with E-state index >= 15 is 0 Å². The number of hydrogen-bond acceptors (Lipinski definition) is 2. The van der Waals surface area contributed by atoms with Gasteiger partial charge in [0.1, 0.15) is 11.5 Å². The molecular formula is C15H18O2. The molecule has 0 spiro atoms. The summed E-state index contributed by atoms with van der Waals surface area (Å²) in [7, 11) is 0. The molecule has 0 bridgehead atoms. The number of aryl methyl sites for hydroxylation is 1. The van der Waals surface area contributed by atoms with E-state index in [-0.39, 0.29) is 0 Å². The summed E-state index contributed by atoms with van der Waals surface area (Å²) in [4.78, 5) is 0. The van der Waals surface area contributed by atoms with Crippen molar-refractivity contribution in [3.63, 3.8) is 0 Å². The van der Waals surface area contributed by atoms with Crippen molar-refractivity contribution in [1.82, 2.24) is 0 Å². The third-order valence-electron chi connectivity index (χ3n) is 4.16. The standard InChI is InChI=1S/C15H18O2/c1-9-7-13-14(15(16)10(9)2)12-6-4-3-5-11(12)8-17-13/h4,6-7,11-12,16H,3,5,8H2,1-2H3. The summed E-state index contributed by atoms with van der Waals surface area (Å²) in [6.45, 7) is 4.77. The molecule has 0 saturated heterocycles. The molecule has 1 aliphatic carbocycles. The molecule has 17 heavy (non-hydrogen) atoms. The van der Waals surface area contributed by atoms with E-state index in [1.807, 2.05) is 13.8 Å². The molecule has 0 fully saturated rings. The molecule has 2 aliphatic rings. The summed E-state index contributed by atoms with van der Waals surface area (Å²) in [6, 6.07) is 2.06. The molecule has 2 atom stereocenters. The van der Waals surface area contributed by atoms with Crippen molar-refractivity contribution in [2.75, 3.05) is 6.61 Å². The van der Waals surface area contributed by atoms with Gasteiger partial charge in [0, 0.05) is 17.4 Å². The van der Waals surface area contributed by atoms with E-state index in [2.05, 4.69) is 18.2 Å². The van der Waals surface area contributed by atoms with Crippen LogP contribution in [0.4, 0.5) is 0 Å². The van der Waals surface area contributed by atoms with Crippen molar-refractivity contribution < 1.29 is 9.84 Å². The molecule has 1 N–H and O–H groups in total. The Balaban J connectivity index is 2.18. The van der Waals surface area contributed by atoms with Crippen molar-refractivity contribution >= 4 is 0 Å². The van der Waals surface area contributed by atoms with Crippen LogP contribution in [0.15, 0.2) is 18.2 Å². The number of rotatable bonds is 0. The van der Waals surface area contributed by atoms with Crippen LogP contribution >= 0.6 is 0 Å². The Bertz CT molecular complexity index is 488. The van der Waals surface area contributed by atoms with E-state index in [0.29, 0.717) is 17.6 Å². The first-order valence-electron chi connectivity index (χ1n) is 6.31. The lowest BCUT2D eigenvalue weighted by molar-refractivity contribution is 0.193. The van der Waals surface area contributed by atoms with Crippen LogP contribution in [0, 0.1) is 19.8 Å². The van der Waals surface area contributed by atoms with E-state index in [0.717, 1.165) is 41.9 Å². The second-order valence-electron chi connectivity index (χ2n) is 5.18. The van der Waals surface area contributed by atoms with Gasteiger partial charge in [0.25, 0.3) is 0 Å². The minimum Gasteiger partial charge on any atom is -0.507 e. The van der Waals surface area contributed by atoms with Crippen molar-refractivity contribution in [2.24, 2.45) is 5.92 Å². The van der Waals surface area contributed by atoms with E-state index in [1.54, 1.807) is 0 Å². The third kappa shape index (κ3) is 1.54. The molecule has 1 heterocycles. The largest absolute Gasteiger partial charge is 0.507 e. The fraction of sp³-hybridized carbons (Fsp3) is 0.467. The number of aromatic hydroxyl groups is 1. The number of benzene rings is 1. The van der Waals surface area contributed by atoms with Gasteiger partial charge in [-0.05, 0) is 43.9 Å². The molecule has 0 aromatic heterocycles. The zero-order valence-corrected chi connectivity index (χ0v) is 10.4. The van der Waals surface area contributed by atoms with Crippen molar-refractivity contribution in [3.05, 3.63) is 34.9 Å². The smallest absolute Gasteiger partial charge is 0.127 e. The van der Waals surface area contributed by atoms with E-state index < -0.39 is 0 Å². The summed E-state index contributed by atoms with van der Waals surface area (Å²) in [5.74, 6) is 2.17. The number of hydrogen-bond donors (Lipinski definition) is 1. The van der Waals surface area contributed by atoms with Crippen molar-refractivity contribution in [1.29, 1.82) is 0 Å². The summed E-state index contributed by atoms with van der Waals surface area (Å²) in [5, 5.41) is 10.3. The highest BCUT2D eigenvalue weighted by Gasteiger charge is 2.33. The SMILES string of the molecule is Cc1cc2c(c(O)c1C)C1C=CCCC1CO2. The van der Waals surface area contributed by atoms with Gasteiger partial charge in [-0.2, -0.15) is 0 Å². The Morgan fingerprint density at radius 3 is 3.00 bits per heavy atom. The summed E-state index contributed by atoms with van der Waals surface area (Å²) >= 11 is 0. The van der Waals surface area contributed by atoms with Gasteiger partial charge < -0.3 is 9.84 Å². The predicted molar refractivity (Wildman–Crippen MR) is 67.7 cm³/mol. The topological polar surface area (TPSA) is 29.5 Å². The maximum Gasteiger partial charge on any atom is 0.127 e. The quantitative estimate of drug-likeness (QED) is 0.692. The highest BCUT2D eigenvalue weighted by atomic mass is 16.5. The summed E-state index contributed by atoms with van der Waals surface area (Å²) in [6.07, 6.45) is 6.76. The average molecular weight is 230 g/mol. The maximum atomic E-state index is 10.3. The van der Waals surface area contributed by atoms with Crippen LogP contribution < -0.4 is 4.74 Å². The van der Waals surface area contributed by atoms with E-state index in [1.165, 1.54) is 0 Å². The zero-order chi connectivity index (χ0) is 12.0. The van der Waals surface area contributed by atoms with Crippen LogP contribution in [0.2, 0.25) is 0 Å². The molecule has 0 saturated carbocycles. The van der Waals surface area contributed by atoms with Gasteiger partial charge in [-0.3, -0.25) is 0 Å². The average Bonchev–Trinajstić information content (AvgIpc) is 2.35. The van der Waals surface area contributed by atoms with Crippen LogP contribution in [0.5, 0.6) is 11.5 Å². The van der Waals surface area contributed by atoms with Gasteiger partial charge in [-0.25, -0.2) is 0 Å². The molecule has 1 aliphatic heterocycles. The Kier molecular flexibility index (Phi) is 2.39. The summed E-state index contributed by atoms with van der Waals surface area (Å²) in [5.41, 5.74) is 3.08. The Labute approximate surface area is 102 Å². The van der Waals surface area contributed by atoms with Crippen molar-refractivity contribution in [3.8, 4) is 11.5 Å². The third-order valence-corrected chi connectivity index (χ3v) is 4.16. The van der Waals surface area contributed by atoms with Gasteiger partial charge in [0.2, 0.25) is 0 Å². The van der Waals surface area contributed by atoms with Gasteiger partial charge >= 0.3 is 0 Å². The lowest BCUT2D eigenvalue weighted by atomic mass is 9.77. The number of fused-ring (bicyclic) bond motifs is 3. The van der Waals surface area contributed by atoms with Crippen molar-refractivity contribution in [2.45, 2.75) is 32.6 Å². The lowest BCUT2D eigenvalue weighted by Gasteiger charge is -2.35. The fourth-order valence-electron chi connectivity index (χ4n) is 2.94. The zero-order valence-electron chi connectivity index (χ0n) is 10.4. The van der Waals surface area contributed by atoms with E-state index in [9.17, 15) is 5.11 Å². The van der Waals surface area contributed by atoms with Crippen LogP contribution in [0.1, 0.15) is 35.4 Å². The molecule has 3 rings (SSSR count). The second kappa shape index (κ2) is 3.80. The lowest BCUT2D eigenvalue weighted by Crippen LogP contribution is -2.26. The normalized spacial score (nSPS) is 26.0. The predicted octanol–water partition coefficient (Wildman–Crippen LogP) is 3.45. The fourth-order valence-corrected chi connectivity index (χ4v) is 2.94. The molecule has 2 heteroatoms. The number of allylic oxidation sites excluding steroid dienone is 2. The Hall–Kier alpha value is -1.44. The Morgan fingerprint density at radius 2 is 2.18 bits per heavy atom. The van der Waals surface area contributed by atoms with Gasteiger partial charge in [-0.15, -0.1) is 0 Å². The number of ether oxygens (including phenoxy) is 1. The van der Waals surface area contributed by atoms with Crippen LogP contribution in [0.25, 0.3) is 0 Å². The molecule has 0 radical (unpaired) electrons. The maximum absolute atomic E-state index is 10.3. The van der Waals surface area contributed by atoms with Gasteiger partial charge in [0.15, 0.2) is 0 Å². The first-order valence-corrected chi connectivity index (χ1v) is 6.31. The minimum absolute atomic E-state index is 0.340. The van der Waals surface area contributed by atoms with Gasteiger partial charge in [0.05, 0.1) is 6.61 Å². The molecule has 90 valence electrons. The number of phenolic OH excluding ortho intramolecular Hbond substituents is 1. The first-order chi connectivity index (χ1) is 8.18. The molecule has 0 amide bonds. The summed E-state index contributed by atoms with van der Waals surface area (Å²) < 4.78 is 5.82. The molecular weight excluding hydrogens is 212 g/mol. The molecule has 1 aromatic rings. The molecule has 1 aromatic carbocycles. The highest BCUT2D eigenvalue weighted by Crippen LogP contribution is 2.47. The van der Waals surface area contributed by atoms with E-state index in [4.69, 9.17) is 4.74 Å². The number of phenols is 1. The minimum atomic E-state index is 0.340. The van der Waals surface area contributed by atoms with Crippen LogP contribution in [-0.2, 0) is 0 Å². The second-order valence-corrected chi connectivity index (χ2v) is 5.18. The molecule has 2 nitrogen and oxygen atoms in total.